The van der Waals surface area contributed by atoms with E-state index in [2.05, 4.69) is 9.88 Å². The molecule has 1 aliphatic carbocycles. The number of H-pyrrole nitrogens is 1. The maximum absolute atomic E-state index is 12.3. The molecule has 3 rings (SSSR count). The van der Waals surface area contributed by atoms with Crippen LogP contribution in [-0.4, -0.2) is 52.9 Å². The Bertz CT molecular complexity index is 442. The summed E-state index contributed by atoms with van der Waals surface area (Å²) in [5.41, 5.74) is 6.86. The summed E-state index contributed by atoms with van der Waals surface area (Å²) < 4.78 is 0. The molecule has 0 bridgehead atoms. The summed E-state index contributed by atoms with van der Waals surface area (Å²) >= 11 is 0. The molecule has 1 aliphatic heterocycles. The van der Waals surface area contributed by atoms with Gasteiger partial charge in [0.15, 0.2) is 0 Å². The standard InChI is InChI=1S/C14H22N4O/c15-11-9-13(16-10-11)14(19)18-7-5-17(6-8-18)12-3-1-2-4-12/h9-10,12,16H,1-8,15H2. The number of nitrogen functional groups attached to an aromatic ring is 1. The zero-order valence-corrected chi connectivity index (χ0v) is 11.3. The minimum Gasteiger partial charge on any atom is -0.397 e. The number of aromatic amines is 1. The van der Waals surface area contributed by atoms with Gasteiger partial charge in [-0.1, -0.05) is 12.8 Å². The van der Waals surface area contributed by atoms with Crippen LogP contribution in [0.1, 0.15) is 36.2 Å². The summed E-state index contributed by atoms with van der Waals surface area (Å²) in [5, 5.41) is 0. The number of rotatable bonds is 2. The molecule has 5 nitrogen and oxygen atoms in total. The molecule has 104 valence electrons. The van der Waals surface area contributed by atoms with Crippen molar-refractivity contribution >= 4 is 11.6 Å². The molecule has 0 aromatic carbocycles. The maximum Gasteiger partial charge on any atom is 0.270 e. The molecule has 3 N–H and O–H groups in total. The second kappa shape index (κ2) is 5.25. The lowest BCUT2D eigenvalue weighted by atomic mass is 10.1. The lowest BCUT2D eigenvalue weighted by Gasteiger charge is -2.37. The molecule has 0 radical (unpaired) electrons. The lowest BCUT2D eigenvalue weighted by molar-refractivity contribution is 0.0568. The number of aromatic nitrogens is 1. The summed E-state index contributed by atoms with van der Waals surface area (Å²) in [6, 6.07) is 2.48. The Kier molecular flexibility index (Phi) is 3.46. The first-order valence-electron chi connectivity index (χ1n) is 7.21. The van der Waals surface area contributed by atoms with Crippen LogP contribution < -0.4 is 5.73 Å². The van der Waals surface area contributed by atoms with Crippen LogP contribution in [0, 0.1) is 0 Å². The number of anilines is 1. The summed E-state index contributed by atoms with van der Waals surface area (Å²) in [6.45, 7) is 3.67. The second-order valence-corrected chi connectivity index (χ2v) is 5.61. The molecule has 1 amide bonds. The number of hydrogen-bond acceptors (Lipinski definition) is 3. The van der Waals surface area contributed by atoms with Crippen LogP contribution in [0.25, 0.3) is 0 Å². The molecule has 2 aliphatic rings. The smallest absolute Gasteiger partial charge is 0.270 e. The Hall–Kier alpha value is -1.49. The lowest BCUT2D eigenvalue weighted by Crippen LogP contribution is -2.51. The van der Waals surface area contributed by atoms with Gasteiger partial charge in [0.2, 0.25) is 0 Å². The topological polar surface area (TPSA) is 65.4 Å². The average molecular weight is 262 g/mol. The SMILES string of the molecule is Nc1c[nH]c(C(=O)N2CCN(C3CCCC3)CC2)c1. The van der Waals surface area contributed by atoms with Crippen molar-refractivity contribution in [1.82, 2.24) is 14.8 Å². The molecule has 1 saturated carbocycles. The van der Waals surface area contributed by atoms with Gasteiger partial charge in [-0.25, -0.2) is 0 Å². The van der Waals surface area contributed by atoms with Gasteiger partial charge in [0.05, 0.1) is 0 Å². The molecule has 19 heavy (non-hydrogen) atoms. The van der Waals surface area contributed by atoms with E-state index in [1.807, 2.05) is 4.90 Å². The van der Waals surface area contributed by atoms with Gasteiger partial charge in [-0.3, -0.25) is 9.69 Å². The fraction of sp³-hybridized carbons (Fsp3) is 0.643. The predicted molar refractivity (Wildman–Crippen MR) is 74.9 cm³/mol. The molecule has 1 aromatic rings. The number of carbonyl (C=O) groups is 1. The van der Waals surface area contributed by atoms with E-state index in [1.54, 1.807) is 12.3 Å². The Balaban J connectivity index is 1.56. The van der Waals surface area contributed by atoms with Gasteiger partial charge in [0, 0.05) is 44.1 Å². The molecular formula is C14H22N4O. The first-order chi connectivity index (χ1) is 9.24. The summed E-state index contributed by atoms with van der Waals surface area (Å²) in [6.07, 6.45) is 7.07. The molecular weight excluding hydrogens is 240 g/mol. The van der Waals surface area contributed by atoms with E-state index in [-0.39, 0.29) is 5.91 Å². The third-order valence-electron chi connectivity index (χ3n) is 4.38. The summed E-state index contributed by atoms with van der Waals surface area (Å²) in [5.74, 6) is 0.0720. The summed E-state index contributed by atoms with van der Waals surface area (Å²) in [4.78, 5) is 19.7. The fourth-order valence-corrected chi connectivity index (χ4v) is 3.26. The third kappa shape index (κ3) is 2.61. The monoisotopic (exact) mass is 262 g/mol. The Morgan fingerprint density at radius 3 is 2.47 bits per heavy atom. The molecule has 1 saturated heterocycles. The largest absolute Gasteiger partial charge is 0.397 e. The molecule has 0 atom stereocenters. The third-order valence-corrected chi connectivity index (χ3v) is 4.38. The van der Waals surface area contributed by atoms with Crippen LogP contribution in [0.15, 0.2) is 12.3 Å². The number of amides is 1. The number of carbonyl (C=O) groups excluding carboxylic acids is 1. The highest BCUT2D eigenvalue weighted by molar-refractivity contribution is 5.93. The van der Waals surface area contributed by atoms with E-state index in [4.69, 9.17) is 5.73 Å². The fourth-order valence-electron chi connectivity index (χ4n) is 3.26. The predicted octanol–water partition coefficient (Wildman–Crippen LogP) is 1.30. The first-order valence-corrected chi connectivity index (χ1v) is 7.21. The van der Waals surface area contributed by atoms with Gasteiger partial charge in [0.1, 0.15) is 5.69 Å². The van der Waals surface area contributed by atoms with Gasteiger partial charge in [0.25, 0.3) is 5.91 Å². The molecule has 0 spiro atoms. The van der Waals surface area contributed by atoms with Crippen molar-refractivity contribution in [1.29, 1.82) is 0 Å². The van der Waals surface area contributed by atoms with E-state index in [0.29, 0.717) is 11.4 Å². The van der Waals surface area contributed by atoms with Crippen molar-refractivity contribution in [3.63, 3.8) is 0 Å². The molecule has 2 fully saturated rings. The first kappa shape index (κ1) is 12.5. The van der Waals surface area contributed by atoms with Crippen molar-refractivity contribution in [2.24, 2.45) is 0 Å². The highest BCUT2D eigenvalue weighted by Crippen LogP contribution is 2.24. The van der Waals surface area contributed by atoms with Crippen molar-refractivity contribution in [3.8, 4) is 0 Å². The highest BCUT2D eigenvalue weighted by Gasteiger charge is 2.28. The maximum atomic E-state index is 12.3. The van der Waals surface area contributed by atoms with Gasteiger partial charge in [-0.2, -0.15) is 0 Å². The zero-order chi connectivity index (χ0) is 13.2. The minimum atomic E-state index is 0.0720. The number of piperazine rings is 1. The number of hydrogen-bond donors (Lipinski definition) is 2. The van der Waals surface area contributed by atoms with E-state index < -0.39 is 0 Å². The minimum absolute atomic E-state index is 0.0720. The van der Waals surface area contributed by atoms with Crippen LogP contribution in [0.2, 0.25) is 0 Å². The number of nitrogens with zero attached hydrogens (tertiary/aromatic N) is 2. The van der Waals surface area contributed by atoms with Crippen LogP contribution >= 0.6 is 0 Å². The molecule has 5 heteroatoms. The Labute approximate surface area is 113 Å². The van der Waals surface area contributed by atoms with Gasteiger partial charge >= 0.3 is 0 Å². The number of nitrogens with two attached hydrogens (primary N) is 1. The second-order valence-electron chi connectivity index (χ2n) is 5.61. The van der Waals surface area contributed by atoms with Crippen LogP contribution in [0.5, 0.6) is 0 Å². The van der Waals surface area contributed by atoms with Crippen molar-refractivity contribution in [2.45, 2.75) is 31.7 Å². The van der Waals surface area contributed by atoms with E-state index in [0.717, 1.165) is 32.2 Å². The van der Waals surface area contributed by atoms with Crippen LogP contribution in [0.3, 0.4) is 0 Å². The van der Waals surface area contributed by atoms with Crippen LogP contribution in [-0.2, 0) is 0 Å². The van der Waals surface area contributed by atoms with Crippen molar-refractivity contribution in [3.05, 3.63) is 18.0 Å². The van der Waals surface area contributed by atoms with Gasteiger partial charge in [-0.05, 0) is 18.9 Å². The average Bonchev–Trinajstić information content (AvgIpc) is 3.09. The van der Waals surface area contributed by atoms with Crippen LogP contribution in [0.4, 0.5) is 5.69 Å². The van der Waals surface area contributed by atoms with Gasteiger partial charge in [-0.15, -0.1) is 0 Å². The molecule has 0 unspecified atom stereocenters. The van der Waals surface area contributed by atoms with E-state index in [1.165, 1.54) is 25.7 Å². The Morgan fingerprint density at radius 1 is 1.21 bits per heavy atom. The molecule has 2 heterocycles. The van der Waals surface area contributed by atoms with E-state index in [9.17, 15) is 4.79 Å². The van der Waals surface area contributed by atoms with Gasteiger partial charge < -0.3 is 15.6 Å². The number of nitrogens with one attached hydrogen (secondary N) is 1. The normalized spacial score (nSPS) is 22.0. The molecule has 1 aromatic heterocycles. The zero-order valence-electron chi connectivity index (χ0n) is 11.3. The summed E-state index contributed by atoms with van der Waals surface area (Å²) in [7, 11) is 0. The van der Waals surface area contributed by atoms with E-state index >= 15 is 0 Å². The van der Waals surface area contributed by atoms with Crippen molar-refractivity contribution in [2.75, 3.05) is 31.9 Å². The Morgan fingerprint density at radius 2 is 1.89 bits per heavy atom. The highest BCUT2D eigenvalue weighted by atomic mass is 16.2. The van der Waals surface area contributed by atoms with Crippen molar-refractivity contribution < 1.29 is 4.79 Å². The quantitative estimate of drug-likeness (QED) is 0.844.